The van der Waals surface area contributed by atoms with Gasteiger partial charge in [-0.2, -0.15) is 0 Å². The molecule has 4 aromatic rings. The fraction of sp³-hybridized carbons (Fsp3) is 0.172. The molecule has 0 amide bonds. The monoisotopic (exact) mass is 501 g/mol. The Labute approximate surface area is 211 Å². The molecule has 0 N–H and O–H groups in total. The third-order valence-corrected chi connectivity index (χ3v) is 7.55. The molecule has 1 aliphatic heterocycles. The van der Waals surface area contributed by atoms with Crippen LogP contribution >= 0.6 is 0 Å². The van der Waals surface area contributed by atoms with Crippen LogP contribution in [-0.4, -0.2) is 27.7 Å². The van der Waals surface area contributed by atoms with E-state index >= 15 is 0 Å². The fourth-order valence-corrected chi connectivity index (χ4v) is 5.24. The zero-order valence-corrected chi connectivity index (χ0v) is 20.5. The normalized spacial score (nSPS) is 14.7. The van der Waals surface area contributed by atoms with Gasteiger partial charge in [-0.3, -0.25) is 4.31 Å². The number of epoxide rings is 1. The fourth-order valence-electron chi connectivity index (χ4n) is 3.76. The summed E-state index contributed by atoms with van der Waals surface area (Å²) in [5.74, 6) is 0.998. The van der Waals surface area contributed by atoms with Gasteiger partial charge >= 0.3 is 0 Å². The number of benzene rings is 4. The van der Waals surface area contributed by atoms with Gasteiger partial charge in [0.2, 0.25) is 0 Å². The van der Waals surface area contributed by atoms with E-state index in [-0.39, 0.29) is 17.5 Å². The van der Waals surface area contributed by atoms with Gasteiger partial charge in [0.25, 0.3) is 10.0 Å². The molecule has 0 bridgehead atoms. The minimum absolute atomic E-state index is 0.0796. The molecule has 1 fully saturated rings. The lowest BCUT2D eigenvalue weighted by Gasteiger charge is -2.27. The summed E-state index contributed by atoms with van der Waals surface area (Å²) < 4.78 is 46.6. The Balaban J connectivity index is 1.56. The number of sulfonamides is 1. The molecule has 0 aromatic heterocycles. The summed E-state index contributed by atoms with van der Waals surface area (Å²) in [5, 5.41) is 0. The minimum Gasteiger partial charge on any atom is -0.491 e. The molecule has 0 aliphatic carbocycles. The SMILES string of the molecule is O=S(=O)(c1ccccc1)N(Cc1ccccc1)c1cc(OCC2CO2)ccc1OCc1ccccc1. The number of anilines is 1. The van der Waals surface area contributed by atoms with Crippen molar-refractivity contribution in [2.75, 3.05) is 17.5 Å². The summed E-state index contributed by atoms with van der Waals surface area (Å²) in [4.78, 5) is 0.202. The molecule has 1 atom stereocenters. The molecule has 4 aromatic carbocycles. The lowest BCUT2D eigenvalue weighted by atomic mass is 10.2. The first-order chi connectivity index (χ1) is 17.6. The molecule has 0 spiro atoms. The number of nitrogens with zero attached hydrogens (tertiary/aromatic N) is 1. The van der Waals surface area contributed by atoms with Crippen LogP contribution < -0.4 is 13.8 Å². The van der Waals surface area contributed by atoms with E-state index in [0.717, 1.165) is 11.1 Å². The molecule has 1 saturated heterocycles. The van der Waals surface area contributed by atoms with Gasteiger partial charge in [0.15, 0.2) is 0 Å². The topological polar surface area (TPSA) is 68.4 Å². The number of ether oxygens (including phenoxy) is 3. The molecule has 0 saturated carbocycles. The van der Waals surface area contributed by atoms with Gasteiger partial charge in [-0.25, -0.2) is 8.42 Å². The third kappa shape index (κ3) is 5.87. The van der Waals surface area contributed by atoms with Crippen LogP contribution in [0.4, 0.5) is 5.69 Å². The van der Waals surface area contributed by atoms with Crippen molar-refractivity contribution in [1.82, 2.24) is 0 Å². The van der Waals surface area contributed by atoms with Gasteiger partial charge in [0.1, 0.15) is 30.8 Å². The molecule has 5 rings (SSSR count). The lowest BCUT2D eigenvalue weighted by molar-refractivity contribution is 0.262. The van der Waals surface area contributed by atoms with E-state index in [4.69, 9.17) is 14.2 Å². The molecule has 1 heterocycles. The van der Waals surface area contributed by atoms with E-state index in [1.54, 1.807) is 48.5 Å². The Morgan fingerprint density at radius 1 is 0.778 bits per heavy atom. The first-order valence-electron chi connectivity index (χ1n) is 11.8. The predicted molar refractivity (Wildman–Crippen MR) is 139 cm³/mol. The summed E-state index contributed by atoms with van der Waals surface area (Å²) >= 11 is 0. The van der Waals surface area contributed by atoms with Crippen molar-refractivity contribution in [3.8, 4) is 11.5 Å². The molecular formula is C29H27NO5S. The van der Waals surface area contributed by atoms with Crippen LogP contribution in [0.2, 0.25) is 0 Å². The zero-order valence-electron chi connectivity index (χ0n) is 19.7. The lowest BCUT2D eigenvalue weighted by Crippen LogP contribution is -2.31. The summed E-state index contributed by atoms with van der Waals surface area (Å²) in [5.41, 5.74) is 2.24. The standard InChI is InChI=1S/C29H27NO5S/c31-36(32,27-14-8-3-9-15-27)30(19-23-10-4-1-5-11-23)28-18-25(33-21-26-22-34-26)16-17-29(28)35-20-24-12-6-2-7-13-24/h1-18,26H,19-22H2. The second kappa shape index (κ2) is 10.8. The zero-order chi connectivity index (χ0) is 24.8. The maximum Gasteiger partial charge on any atom is 0.264 e. The Bertz CT molecular complexity index is 1380. The van der Waals surface area contributed by atoms with Crippen LogP contribution in [0, 0.1) is 0 Å². The average molecular weight is 502 g/mol. The van der Waals surface area contributed by atoms with E-state index in [9.17, 15) is 8.42 Å². The van der Waals surface area contributed by atoms with Gasteiger partial charge in [-0.15, -0.1) is 0 Å². The Hall–Kier alpha value is -3.81. The van der Waals surface area contributed by atoms with Crippen molar-refractivity contribution in [1.29, 1.82) is 0 Å². The molecule has 184 valence electrons. The highest BCUT2D eigenvalue weighted by molar-refractivity contribution is 7.92. The van der Waals surface area contributed by atoms with Gasteiger partial charge in [-0.1, -0.05) is 78.9 Å². The molecule has 7 heteroatoms. The summed E-state index contributed by atoms with van der Waals surface area (Å²) in [7, 11) is -3.92. The Morgan fingerprint density at radius 2 is 1.39 bits per heavy atom. The van der Waals surface area contributed by atoms with Crippen molar-refractivity contribution >= 4 is 15.7 Å². The molecule has 0 radical (unpaired) electrons. The first kappa shape index (κ1) is 23.9. The van der Waals surface area contributed by atoms with Crippen LogP contribution in [0.15, 0.2) is 114 Å². The molecule has 1 aliphatic rings. The van der Waals surface area contributed by atoms with Crippen molar-refractivity contribution in [3.63, 3.8) is 0 Å². The van der Waals surface area contributed by atoms with Crippen LogP contribution in [0.1, 0.15) is 11.1 Å². The quantitative estimate of drug-likeness (QED) is 0.256. The van der Waals surface area contributed by atoms with Gasteiger partial charge in [0, 0.05) is 6.07 Å². The number of hydrogen-bond acceptors (Lipinski definition) is 5. The van der Waals surface area contributed by atoms with E-state index in [1.807, 2.05) is 60.7 Å². The van der Waals surface area contributed by atoms with Gasteiger partial charge in [-0.05, 0) is 35.4 Å². The smallest absolute Gasteiger partial charge is 0.264 e. The largest absolute Gasteiger partial charge is 0.491 e. The second-order valence-corrected chi connectivity index (χ2v) is 10.3. The molecule has 36 heavy (non-hydrogen) atoms. The van der Waals surface area contributed by atoms with Crippen LogP contribution in [0.5, 0.6) is 11.5 Å². The Morgan fingerprint density at radius 3 is 2.03 bits per heavy atom. The van der Waals surface area contributed by atoms with E-state index < -0.39 is 10.0 Å². The maximum absolute atomic E-state index is 14.0. The summed E-state index contributed by atoms with van der Waals surface area (Å²) in [6.07, 6.45) is 0.0796. The van der Waals surface area contributed by atoms with Crippen LogP contribution in [0.25, 0.3) is 0 Å². The van der Waals surface area contributed by atoms with Crippen molar-refractivity contribution in [2.24, 2.45) is 0 Å². The Kier molecular flexibility index (Phi) is 7.21. The van der Waals surface area contributed by atoms with E-state index in [0.29, 0.717) is 37.0 Å². The minimum atomic E-state index is -3.92. The second-order valence-electron chi connectivity index (χ2n) is 8.48. The van der Waals surface area contributed by atoms with Crippen molar-refractivity contribution in [2.45, 2.75) is 24.2 Å². The molecule has 1 unspecified atom stereocenters. The van der Waals surface area contributed by atoms with Crippen LogP contribution in [-0.2, 0) is 27.9 Å². The van der Waals surface area contributed by atoms with Gasteiger partial charge in [0.05, 0.1) is 23.7 Å². The molecular weight excluding hydrogens is 474 g/mol. The number of hydrogen-bond donors (Lipinski definition) is 0. The van der Waals surface area contributed by atoms with E-state index in [2.05, 4.69) is 0 Å². The van der Waals surface area contributed by atoms with Crippen LogP contribution in [0.3, 0.4) is 0 Å². The highest BCUT2D eigenvalue weighted by atomic mass is 32.2. The highest BCUT2D eigenvalue weighted by Gasteiger charge is 2.29. The third-order valence-electron chi connectivity index (χ3n) is 5.77. The first-order valence-corrected chi connectivity index (χ1v) is 13.2. The predicted octanol–water partition coefficient (Wildman–Crippen LogP) is 5.44. The van der Waals surface area contributed by atoms with Crippen molar-refractivity contribution in [3.05, 3.63) is 120 Å². The average Bonchev–Trinajstić information content (AvgIpc) is 3.76. The number of rotatable bonds is 11. The molecule has 6 nitrogen and oxygen atoms in total. The van der Waals surface area contributed by atoms with E-state index in [1.165, 1.54) is 4.31 Å². The van der Waals surface area contributed by atoms with Gasteiger partial charge < -0.3 is 14.2 Å². The summed E-state index contributed by atoms with van der Waals surface area (Å²) in [6.45, 7) is 1.52. The summed E-state index contributed by atoms with van der Waals surface area (Å²) in [6, 6.07) is 33.0. The highest BCUT2D eigenvalue weighted by Crippen LogP contribution is 2.37. The maximum atomic E-state index is 14.0. The van der Waals surface area contributed by atoms with Crippen molar-refractivity contribution < 1.29 is 22.6 Å².